The van der Waals surface area contributed by atoms with E-state index in [-0.39, 0.29) is 0 Å². The van der Waals surface area contributed by atoms with Gasteiger partial charge >= 0.3 is 0 Å². The third-order valence-electron chi connectivity index (χ3n) is 2.40. The maximum atomic E-state index is 2.25. The SMILES string of the molecule is CCCC(C)C.CCCC(C)C.c1ccccc1. The molecule has 0 heteroatoms. The number of hydrogen-bond acceptors (Lipinski definition) is 0. The lowest BCUT2D eigenvalue weighted by molar-refractivity contribution is 0.576. The van der Waals surface area contributed by atoms with Crippen molar-refractivity contribution in [2.75, 3.05) is 0 Å². The van der Waals surface area contributed by atoms with Gasteiger partial charge in [-0.25, -0.2) is 0 Å². The van der Waals surface area contributed by atoms with E-state index in [9.17, 15) is 0 Å². The van der Waals surface area contributed by atoms with Gasteiger partial charge < -0.3 is 0 Å². The quantitative estimate of drug-likeness (QED) is 0.567. The first-order chi connectivity index (χ1) is 8.54. The predicted octanol–water partition coefficient (Wildman–Crippen LogP) is 6.57. The molecule has 0 saturated carbocycles. The molecule has 0 aliphatic rings. The summed E-state index contributed by atoms with van der Waals surface area (Å²) in [5, 5.41) is 0. The average Bonchev–Trinajstić information content (AvgIpc) is 2.32. The van der Waals surface area contributed by atoms with E-state index in [1.54, 1.807) is 0 Å². The summed E-state index contributed by atoms with van der Waals surface area (Å²) in [7, 11) is 0. The molecule has 106 valence electrons. The van der Waals surface area contributed by atoms with Crippen molar-refractivity contribution >= 4 is 0 Å². The Labute approximate surface area is 116 Å². The molecule has 0 saturated heterocycles. The molecule has 0 aromatic heterocycles. The molecule has 0 radical (unpaired) electrons. The molecule has 0 heterocycles. The lowest BCUT2D eigenvalue weighted by Gasteiger charge is -1.95. The van der Waals surface area contributed by atoms with Crippen molar-refractivity contribution in [3.8, 4) is 0 Å². The Balaban J connectivity index is 0. The first-order valence-corrected chi connectivity index (χ1v) is 7.54. The Morgan fingerprint density at radius 2 is 0.778 bits per heavy atom. The van der Waals surface area contributed by atoms with Gasteiger partial charge in [-0.3, -0.25) is 0 Å². The lowest BCUT2D eigenvalue weighted by Crippen LogP contribution is -1.81. The second-order valence-electron chi connectivity index (χ2n) is 5.52. The molecule has 0 spiro atoms. The molecular weight excluding hydrogens is 216 g/mol. The van der Waals surface area contributed by atoms with E-state index in [0.29, 0.717) is 0 Å². The standard InChI is InChI=1S/C6H6.2C6H14/c1-2-4-6-5-3-1;2*1-4-5-6(2)3/h1-6H;2*6H,4-5H2,1-3H3. The Morgan fingerprint density at radius 3 is 0.833 bits per heavy atom. The average molecular weight is 250 g/mol. The van der Waals surface area contributed by atoms with Crippen molar-refractivity contribution in [1.82, 2.24) is 0 Å². The van der Waals surface area contributed by atoms with Crippen LogP contribution < -0.4 is 0 Å². The summed E-state index contributed by atoms with van der Waals surface area (Å²) in [6, 6.07) is 12.0. The van der Waals surface area contributed by atoms with E-state index < -0.39 is 0 Å². The highest BCUT2D eigenvalue weighted by molar-refractivity contribution is 4.99. The van der Waals surface area contributed by atoms with E-state index in [0.717, 1.165) is 11.8 Å². The summed E-state index contributed by atoms with van der Waals surface area (Å²) in [6.45, 7) is 13.5. The smallest absolute Gasteiger partial charge is 0.0471 e. The van der Waals surface area contributed by atoms with Crippen LogP contribution in [-0.2, 0) is 0 Å². The highest BCUT2D eigenvalue weighted by atomic mass is 13.9. The van der Waals surface area contributed by atoms with Crippen LogP contribution in [0.25, 0.3) is 0 Å². The number of hydrogen-bond donors (Lipinski definition) is 0. The first kappa shape index (κ1) is 19.6. The second-order valence-corrected chi connectivity index (χ2v) is 5.52. The molecule has 0 bridgehead atoms. The summed E-state index contributed by atoms with van der Waals surface area (Å²) in [5.41, 5.74) is 0. The maximum Gasteiger partial charge on any atom is -0.0471 e. The molecule has 0 N–H and O–H groups in total. The molecule has 0 atom stereocenters. The van der Waals surface area contributed by atoms with Crippen LogP contribution in [0.4, 0.5) is 0 Å². The van der Waals surface area contributed by atoms with Gasteiger partial charge in [0.05, 0.1) is 0 Å². The van der Waals surface area contributed by atoms with Crippen LogP contribution in [0.15, 0.2) is 36.4 Å². The van der Waals surface area contributed by atoms with Gasteiger partial charge in [0.25, 0.3) is 0 Å². The number of rotatable bonds is 4. The summed E-state index contributed by atoms with van der Waals surface area (Å²) in [5.74, 6) is 1.80. The zero-order valence-electron chi connectivity index (χ0n) is 13.4. The van der Waals surface area contributed by atoms with E-state index in [4.69, 9.17) is 0 Å². The van der Waals surface area contributed by atoms with E-state index in [1.165, 1.54) is 25.7 Å². The van der Waals surface area contributed by atoms with Gasteiger partial charge in [-0.15, -0.1) is 0 Å². The molecule has 0 nitrogen and oxygen atoms in total. The van der Waals surface area contributed by atoms with Crippen LogP contribution in [-0.4, -0.2) is 0 Å². The van der Waals surface area contributed by atoms with Crippen LogP contribution in [0.3, 0.4) is 0 Å². The fourth-order valence-corrected chi connectivity index (χ4v) is 1.54. The minimum atomic E-state index is 0.898. The fraction of sp³-hybridized carbons (Fsp3) is 0.667. The predicted molar refractivity (Wildman–Crippen MR) is 85.9 cm³/mol. The molecule has 1 aromatic carbocycles. The van der Waals surface area contributed by atoms with Crippen molar-refractivity contribution in [1.29, 1.82) is 0 Å². The van der Waals surface area contributed by atoms with Gasteiger partial charge in [-0.2, -0.15) is 0 Å². The van der Waals surface area contributed by atoms with Crippen LogP contribution in [0.1, 0.15) is 67.2 Å². The Morgan fingerprint density at radius 1 is 0.556 bits per heavy atom. The minimum Gasteiger partial charge on any atom is -0.0654 e. The normalized spacial score (nSPS) is 9.33. The largest absolute Gasteiger partial charge is 0.0654 e. The van der Waals surface area contributed by atoms with Crippen molar-refractivity contribution in [3.05, 3.63) is 36.4 Å². The van der Waals surface area contributed by atoms with Crippen molar-refractivity contribution in [2.45, 2.75) is 67.2 Å². The van der Waals surface area contributed by atoms with Gasteiger partial charge in [-0.1, -0.05) is 104 Å². The third-order valence-corrected chi connectivity index (χ3v) is 2.40. The molecule has 0 amide bonds. The second kappa shape index (κ2) is 16.2. The van der Waals surface area contributed by atoms with Gasteiger partial charge in [0, 0.05) is 0 Å². The zero-order chi connectivity index (χ0) is 14.2. The van der Waals surface area contributed by atoms with Gasteiger partial charge in [0.1, 0.15) is 0 Å². The molecule has 0 unspecified atom stereocenters. The fourth-order valence-electron chi connectivity index (χ4n) is 1.54. The van der Waals surface area contributed by atoms with Crippen molar-refractivity contribution in [2.24, 2.45) is 11.8 Å². The Kier molecular flexibility index (Phi) is 17.6. The molecule has 0 aliphatic carbocycles. The number of benzene rings is 1. The van der Waals surface area contributed by atoms with Gasteiger partial charge in [0.15, 0.2) is 0 Å². The van der Waals surface area contributed by atoms with Crippen molar-refractivity contribution in [3.63, 3.8) is 0 Å². The topological polar surface area (TPSA) is 0 Å². The minimum absolute atomic E-state index is 0.898. The van der Waals surface area contributed by atoms with Crippen LogP contribution in [0, 0.1) is 11.8 Å². The van der Waals surface area contributed by atoms with Crippen LogP contribution >= 0.6 is 0 Å². The van der Waals surface area contributed by atoms with Gasteiger partial charge in [0.2, 0.25) is 0 Å². The van der Waals surface area contributed by atoms with Crippen LogP contribution in [0.5, 0.6) is 0 Å². The van der Waals surface area contributed by atoms with Crippen LogP contribution in [0.2, 0.25) is 0 Å². The van der Waals surface area contributed by atoms with E-state index >= 15 is 0 Å². The molecular formula is C18H34. The summed E-state index contributed by atoms with van der Waals surface area (Å²) >= 11 is 0. The highest BCUT2D eigenvalue weighted by Gasteiger charge is 1.86. The molecule has 18 heavy (non-hydrogen) atoms. The molecule has 1 aromatic rings. The lowest BCUT2D eigenvalue weighted by atomic mass is 10.1. The third kappa shape index (κ3) is 24.4. The summed E-state index contributed by atoms with van der Waals surface area (Å²) in [4.78, 5) is 0. The van der Waals surface area contributed by atoms with Crippen molar-refractivity contribution < 1.29 is 0 Å². The summed E-state index contributed by atoms with van der Waals surface area (Å²) in [6.07, 6.45) is 5.41. The zero-order valence-corrected chi connectivity index (χ0v) is 13.4. The van der Waals surface area contributed by atoms with Gasteiger partial charge in [-0.05, 0) is 11.8 Å². The highest BCUT2D eigenvalue weighted by Crippen LogP contribution is 2.00. The Bertz CT molecular complexity index is 174. The molecule has 0 fully saturated rings. The first-order valence-electron chi connectivity index (χ1n) is 7.54. The molecule has 1 rings (SSSR count). The van der Waals surface area contributed by atoms with E-state index in [1.807, 2.05) is 36.4 Å². The van der Waals surface area contributed by atoms with E-state index in [2.05, 4.69) is 41.5 Å². The maximum absolute atomic E-state index is 2.25. The summed E-state index contributed by atoms with van der Waals surface area (Å²) < 4.78 is 0. The Hall–Kier alpha value is -0.780. The molecule has 0 aliphatic heterocycles. The monoisotopic (exact) mass is 250 g/mol.